The van der Waals surface area contributed by atoms with Gasteiger partial charge in [0.15, 0.2) is 17.2 Å². The zero-order valence-corrected chi connectivity index (χ0v) is 70.8. The molecular weight excluding hydrogens is 1670 g/mol. The van der Waals surface area contributed by atoms with Crippen LogP contribution in [0.25, 0.3) is 5.57 Å². The molecule has 0 bridgehead atoms. The molecule has 0 spiro atoms. The van der Waals surface area contributed by atoms with E-state index in [4.69, 9.17) is 114 Å². The van der Waals surface area contributed by atoms with E-state index in [0.29, 0.717) is 32.9 Å². The van der Waals surface area contributed by atoms with E-state index in [-0.39, 0.29) is 142 Å². The Bertz CT molecular complexity index is 4860. The van der Waals surface area contributed by atoms with Gasteiger partial charge in [0.2, 0.25) is 5.91 Å². The molecule has 11 rings (SSSR count). The Balaban J connectivity index is 0.000000247. The average Bonchev–Trinajstić information content (AvgIpc) is 1.63. The molecule has 29 heteroatoms. The van der Waals surface area contributed by atoms with E-state index in [1.165, 1.54) is 91.0 Å². The number of amides is 1. The fraction of sp³-hybridized carbons (Fsp3) is 0.247. The van der Waals surface area contributed by atoms with Crippen molar-refractivity contribution in [3.05, 3.63) is 302 Å². The topological polar surface area (TPSA) is 218 Å². The van der Waals surface area contributed by atoms with Crippen molar-refractivity contribution in [2.75, 3.05) is 11.1 Å². The second-order valence-corrected chi connectivity index (χ2v) is 31.4. The third-order valence-corrected chi connectivity index (χ3v) is 18.5. The highest BCUT2D eigenvalue weighted by atomic mass is 79.9. The zero-order valence-electron chi connectivity index (χ0n) is 64.7. The number of pyridine rings is 1. The quantitative estimate of drug-likeness (QED) is 0.0200. The maximum absolute atomic E-state index is 13.9. The maximum Gasteiger partial charge on any atom is 0.489 e. The largest absolute Gasteiger partial charge is 0.508 e. The number of allylic oxidation sites excluding steroid dienone is 2. The number of non-ortho nitro benzene ring substituents is 1. The molecule has 0 saturated carbocycles. The fourth-order valence-corrected chi connectivity index (χ4v) is 11.8. The summed E-state index contributed by atoms with van der Waals surface area (Å²) in [5.74, 6) is -0.797. The Morgan fingerprint density at radius 2 is 0.895 bits per heavy atom. The normalized spacial score (nSPS) is 12.2. The van der Waals surface area contributed by atoms with Gasteiger partial charge in [0.25, 0.3) is 5.69 Å². The van der Waals surface area contributed by atoms with Crippen molar-refractivity contribution in [1.29, 1.82) is 0 Å². The number of nitrogens with zero attached hydrogens (tertiary/aromatic N) is 2. The predicted octanol–water partition coefficient (Wildman–Crippen LogP) is 27.9. The number of hydrogen-bond acceptors (Lipinski definition) is 13. The number of phenolic OH excluding ortho intramolecular Hbond substituents is 3. The number of carbonyl (C=O) groups is 1. The van der Waals surface area contributed by atoms with Crippen molar-refractivity contribution in [2.24, 2.45) is 0 Å². The van der Waals surface area contributed by atoms with E-state index >= 15 is 0 Å². The van der Waals surface area contributed by atoms with Gasteiger partial charge in [-0.3, -0.25) is 19.9 Å². The molecule has 9 aromatic carbocycles. The lowest BCUT2D eigenvalue weighted by molar-refractivity contribution is -0.384. The van der Waals surface area contributed by atoms with Crippen molar-refractivity contribution in [1.82, 2.24) is 4.98 Å². The lowest BCUT2D eigenvalue weighted by Gasteiger charge is -2.32. The summed E-state index contributed by atoms with van der Waals surface area (Å²) in [5.41, 5.74) is 12.1. The van der Waals surface area contributed by atoms with Gasteiger partial charge in [-0.05, 0) is 202 Å². The van der Waals surface area contributed by atoms with Crippen LogP contribution in [0.4, 0.5) is 43.4 Å². The summed E-state index contributed by atoms with van der Waals surface area (Å²) in [5, 5.41) is 41.1. The molecule has 10 aromatic rings. The Morgan fingerprint density at radius 3 is 1.22 bits per heavy atom. The van der Waals surface area contributed by atoms with E-state index in [0.717, 1.165) is 69.2 Å². The summed E-state index contributed by atoms with van der Waals surface area (Å²) in [7, 11) is -0.241. The summed E-state index contributed by atoms with van der Waals surface area (Å²) < 4.78 is 107. The van der Waals surface area contributed by atoms with Crippen LogP contribution in [0.5, 0.6) is 51.7 Å². The van der Waals surface area contributed by atoms with E-state index in [2.05, 4.69) is 39.4 Å². The van der Waals surface area contributed by atoms with Crippen LogP contribution in [-0.4, -0.2) is 49.5 Å². The number of nitrogens with two attached hydrogens (primary N) is 1. The van der Waals surface area contributed by atoms with Gasteiger partial charge < -0.3 is 49.9 Å². The van der Waals surface area contributed by atoms with E-state index in [9.17, 15) is 41.3 Å². The maximum atomic E-state index is 13.9. The van der Waals surface area contributed by atoms with Crippen LogP contribution in [0.15, 0.2) is 193 Å². The molecule has 1 aromatic heterocycles. The number of nitrogen functional groups attached to an aromatic ring is 1. The molecule has 1 amide bonds. The lowest BCUT2D eigenvalue weighted by atomic mass is 9.81. The van der Waals surface area contributed by atoms with Gasteiger partial charge in [-0.15, -0.1) is 6.58 Å². The zero-order chi connectivity index (χ0) is 85.5. The number of carbonyl (C=O) groups excluding carboxylic acids is 1. The van der Waals surface area contributed by atoms with Gasteiger partial charge in [0, 0.05) is 76.8 Å². The first-order valence-electron chi connectivity index (χ1n) is 34.9. The minimum absolute atomic E-state index is 0.00583. The van der Waals surface area contributed by atoms with E-state index in [1.807, 2.05) is 96.1 Å². The van der Waals surface area contributed by atoms with Crippen LogP contribution < -0.4 is 25.3 Å². The highest BCUT2D eigenvalue weighted by Crippen LogP contribution is 2.44. The van der Waals surface area contributed by atoms with Gasteiger partial charge in [-0.25, -0.2) is 26.3 Å². The number of ether oxygens (including phenoxy) is 3. The van der Waals surface area contributed by atoms with Crippen LogP contribution in [0.2, 0.25) is 30.1 Å². The summed E-state index contributed by atoms with van der Waals surface area (Å²) in [6, 6.07) is 37.0. The van der Waals surface area contributed by atoms with Crippen molar-refractivity contribution >= 4 is 121 Å². The Hall–Kier alpha value is -9.14. The van der Waals surface area contributed by atoms with Gasteiger partial charge in [0.05, 0.1) is 52.7 Å². The minimum atomic E-state index is -0.611. The first kappa shape index (κ1) is 95.5. The second kappa shape index (κ2) is 43.5. The monoisotopic (exact) mass is 1750 g/mol. The highest BCUT2D eigenvalue weighted by molar-refractivity contribution is 9.10. The number of halogens is 13. The van der Waals surface area contributed by atoms with Crippen LogP contribution >= 0.6 is 85.5 Å². The molecule has 15 nitrogen and oxygen atoms in total. The SMILES string of the molecule is C=C(C)B1OC(C)(C)C(C)(C)O1.C=C(C)c1cc(O)cc(F)c1.CC(C)c1cc(F)cc(Oc2c(Cl)cc(N)cc2Cl)c1.CC(C)c1cc(F)cc(Oc2c(Cl)cc(NC(=O)Cc3cccnc3)cc2Cl)c1.CC(C)c1cc(F)cc(Oc2c(Cl)cc([N+](=O)[O-])cc2Cl)c1.CC(C)c1cc(O)cc(F)c1.Oc1cc(F)cc(Br)c1. The molecule has 1 aliphatic rings. The van der Waals surface area contributed by atoms with Gasteiger partial charge in [-0.1, -0.05) is 165 Å². The van der Waals surface area contributed by atoms with Gasteiger partial charge in [-0.2, -0.15) is 0 Å². The number of phenols is 3. The Labute approximate surface area is 699 Å². The van der Waals surface area contributed by atoms with Crippen LogP contribution in [0.1, 0.15) is 154 Å². The summed E-state index contributed by atoms with van der Waals surface area (Å²) in [6.45, 7) is 34.9. The van der Waals surface area contributed by atoms with Crippen molar-refractivity contribution < 1.29 is 74.9 Å². The molecule has 114 heavy (non-hydrogen) atoms. The molecule has 0 radical (unpaired) electrons. The van der Waals surface area contributed by atoms with Gasteiger partial charge >= 0.3 is 7.12 Å². The van der Waals surface area contributed by atoms with Crippen LogP contribution in [-0.2, 0) is 20.5 Å². The molecular formula is C85H86BBrCl6F6N4O11. The number of rotatable bonds is 16. The molecule has 0 aliphatic carbocycles. The molecule has 0 unspecified atom stereocenters. The first-order chi connectivity index (χ1) is 53.1. The molecule has 1 fully saturated rings. The standard InChI is InChI=1S/C22H19Cl2FN2O2.C15H12Cl2FNO3.C15H14Cl2FNO.C9H17BO2.C9H11FO.C9H9FO.C6H4BrFO/c1-13(2)15-7-16(25)9-18(8-15)29-22-19(23)10-17(11-20(22)24)27-21(28)6-14-4-3-5-26-12-14;1-8(2)9-3-10(18)5-12(4-9)22-15-13(16)6-11(19(20)21)7-14(15)17;1-8(2)9-3-10(18)5-12(4-9)20-15-13(16)6-11(19)7-14(15)17;1-7(2)10-11-8(3,4)9(5,6)12-10;2*1-6(2)7-3-8(10)5-9(11)4-7;7-4-1-5(8)3-6(9)2-4/h3-5,7-13H,6H2,1-2H3,(H,27,28);3-8H,1-2H3;3-8H,19H2,1-2H3;1H2,2-6H3;3-6,11H,1-2H3;3-5,11H,1H2,2H3;1-3,9H. The number of aromatic hydroxyl groups is 3. The van der Waals surface area contributed by atoms with Crippen LogP contribution in [0, 0.1) is 45.0 Å². The van der Waals surface area contributed by atoms with Crippen molar-refractivity contribution in [2.45, 2.75) is 138 Å². The third-order valence-electron chi connectivity index (χ3n) is 16.4. The summed E-state index contributed by atoms with van der Waals surface area (Å²) >= 11 is 39.6. The fourth-order valence-electron chi connectivity index (χ4n) is 9.67. The number of nitro groups is 1. The number of anilines is 2. The molecule has 2 heterocycles. The smallest absolute Gasteiger partial charge is 0.489 e. The number of aromatic nitrogens is 1. The predicted molar refractivity (Wildman–Crippen MR) is 450 cm³/mol. The summed E-state index contributed by atoms with van der Waals surface area (Å²) in [6.07, 6.45) is 3.44. The molecule has 0 atom stereocenters. The molecule has 1 aliphatic heterocycles. The highest BCUT2D eigenvalue weighted by Gasteiger charge is 2.51. The number of nitrogens with one attached hydrogen (secondary N) is 1. The third kappa shape index (κ3) is 30.9. The Kier molecular flexibility index (Phi) is 36.5. The average molecular weight is 1760 g/mol. The minimum Gasteiger partial charge on any atom is -0.508 e. The lowest BCUT2D eigenvalue weighted by Crippen LogP contribution is -2.41. The molecule has 606 valence electrons. The molecule has 1 saturated heterocycles. The van der Waals surface area contributed by atoms with E-state index in [1.54, 1.807) is 49.6 Å². The number of hydrogen-bond donors (Lipinski definition) is 5. The number of benzene rings is 9. The van der Waals surface area contributed by atoms with E-state index < -0.39 is 28.2 Å². The second-order valence-electron chi connectivity index (χ2n) is 28.0. The van der Waals surface area contributed by atoms with Gasteiger partial charge in [0.1, 0.15) is 69.4 Å². The number of nitro benzene ring substituents is 1. The van der Waals surface area contributed by atoms with Crippen molar-refractivity contribution in [3.8, 4) is 51.7 Å². The first-order valence-corrected chi connectivity index (χ1v) is 38.0. The summed E-state index contributed by atoms with van der Waals surface area (Å²) in [4.78, 5) is 26.3. The van der Waals surface area contributed by atoms with Crippen LogP contribution in [0.3, 0.4) is 0 Å². The Morgan fingerprint density at radius 1 is 0.544 bits per heavy atom. The van der Waals surface area contributed by atoms with Crippen molar-refractivity contribution in [3.63, 3.8) is 0 Å². The molecule has 6 N–H and O–H groups in total.